The molecule has 0 saturated heterocycles. The molecule has 154 valence electrons. The van der Waals surface area contributed by atoms with E-state index in [-0.39, 0.29) is 33.5 Å². The zero-order valence-corrected chi connectivity index (χ0v) is 16.5. The van der Waals surface area contributed by atoms with E-state index in [1.807, 2.05) is 0 Å². The molecule has 0 aliphatic carbocycles. The van der Waals surface area contributed by atoms with Gasteiger partial charge in [-0.15, -0.1) is 0 Å². The second kappa shape index (κ2) is 7.73. The van der Waals surface area contributed by atoms with Gasteiger partial charge in [-0.3, -0.25) is 9.29 Å². The van der Waals surface area contributed by atoms with Crippen LogP contribution in [0.5, 0.6) is 0 Å². The number of halogens is 5. The molecule has 0 aliphatic heterocycles. The van der Waals surface area contributed by atoms with E-state index in [1.54, 1.807) is 6.07 Å². The van der Waals surface area contributed by atoms with Gasteiger partial charge in [-0.1, -0.05) is 47.5 Å². The molecule has 13 heteroatoms. The average molecular weight is 467 g/mol. The summed E-state index contributed by atoms with van der Waals surface area (Å²) < 4.78 is 64.3. The van der Waals surface area contributed by atoms with Crippen LogP contribution >= 0.6 is 23.2 Å². The van der Waals surface area contributed by atoms with E-state index < -0.39 is 21.2 Å². The summed E-state index contributed by atoms with van der Waals surface area (Å²) in [5.41, 5.74) is -6.21. The van der Waals surface area contributed by atoms with Gasteiger partial charge in [0.1, 0.15) is 12.0 Å². The third-order valence-corrected chi connectivity index (χ3v) is 5.50. The van der Waals surface area contributed by atoms with E-state index in [0.717, 1.165) is 21.6 Å². The second-order valence-electron chi connectivity index (χ2n) is 5.73. The van der Waals surface area contributed by atoms with Gasteiger partial charge in [0, 0.05) is 0 Å². The molecule has 2 aromatic carbocycles. The quantitative estimate of drug-likeness (QED) is 0.621. The van der Waals surface area contributed by atoms with Crippen molar-refractivity contribution in [2.75, 3.05) is 4.72 Å². The number of aromatic nitrogens is 3. The van der Waals surface area contributed by atoms with Crippen molar-refractivity contribution in [1.82, 2.24) is 14.3 Å². The molecule has 7 nitrogen and oxygen atoms in total. The Balaban J connectivity index is 1.98. The Morgan fingerprint density at radius 2 is 1.66 bits per heavy atom. The number of hydrogen-bond donors (Lipinski definition) is 1. The van der Waals surface area contributed by atoms with E-state index in [2.05, 4.69) is 5.10 Å². The highest BCUT2D eigenvalue weighted by molar-refractivity contribution is 7.93. The smallest absolute Gasteiger partial charge is 0.277 e. The molecule has 3 aromatic rings. The Bertz CT molecular complexity index is 1200. The molecule has 0 aliphatic rings. The van der Waals surface area contributed by atoms with E-state index in [0.29, 0.717) is 0 Å². The zero-order valence-electron chi connectivity index (χ0n) is 14.2. The van der Waals surface area contributed by atoms with Crippen LogP contribution in [0.15, 0.2) is 53.6 Å². The summed E-state index contributed by atoms with van der Waals surface area (Å²) in [7, 11) is -5.62. The third kappa shape index (κ3) is 4.26. The molecule has 0 radical (unpaired) electrons. The minimum Gasteiger partial charge on any atom is -0.277 e. The SMILES string of the molecule is O=c1n(Cc2ccccc2NS(=O)(=O)C(F)(F)F)cnn1-c1c(Cl)cccc1Cl. The highest BCUT2D eigenvalue weighted by atomic mass is 35.5. The molecule has 0 spiro atoms. The average Bonchev–Trinajstić information content (AvgIpc) is 2.96. The fourth-order valence-corrected chi connectivity index (χ4v) is 3.59. The Labute approximate surface area is 172 Å². The standard InChI is InChI=1S/C16H11Cl2F3N4O3S/c17-11-5-3-6-12(18)14(11)25-15(26)24(9-22-25)8-10-4-1-2-7-13(10)23-29(27,28)16(19,20)21/h1-7,9,23H,8H2. The van der Waals surface area contributed by atoms with Crippen LogP contribution in [0.2, 0.25) is 10.0 Å². The van der Waals surface area contributed by atoms with E-state index in [1.165, 1.54) is 35.1 Å². The molecule has 0 amide bonds. The fourth-order valence-electron chi connectivity index (χ4n) is 2.43. The normalized spacial score (nSPS) is 12.2. The summed E-state index contributed by atoms with van der Waals surface area (Å²) in [6, 6.07) is 9.97. The number of nitrogens with zero attached hydrogens (tertiary/aromatic N) is 3. The lowest BCUT2D eigenvalue weighted by Gasteiger charge is -2.14. The van der Waals surface area contributed by atoms with Crippen molar-refractivity contribution in [3.63, 3.8) is 0 Å². The topological polar surface area (TPSA) is 86.0 Å². The minimum atomic E-state index is -5.62. The van der Waals surface area contributed by atoms with Gasteiger partial charge in [0.15, 0.2) is 0 Å². The van der Waals surface area contributed by atoms with Crippen molar-refractivity contribution >= 4 is 38.9 Å². The monoisotopic (exact) mass is 466 g/mol. The molecule has 0 bridgehead atoms. The van der Waals surface area contributed by atoms with E-state index in [9.17, 15) is 26.4 Å². The molecule has 1 N–H and O–H groups in total. The summed E-state index contributed by atoms with van der Waals surface area (Å²) >= 11 is 12.1. The summed E-state index contributed by atoms with van der Waals surface area (Å²) in [5.74, 6) is 0. The van der Waals surface area contributed by atoms with Crippen LogP contribution in [0.25, 0.3) is 5.69 Å². The van der Waals surface area contributed by atoms with Crippen LogP contribution in [0, 0.1) is 0 Å². The fraction of sp³-hybridized carbons (Fsp3) is 0.125. The molecule has 1 aromatic heterocycles. The number of sulfonamides is 1. The van der Waals surface area contributed by atoms with Gasteiger partial charge in [0.2, 0.25) is 0 Å². The van der Waals surface area contributed by atoms with Crippen LogP contribution in [0.4, 0.5) is 18.9 Å². The first-order valence-corrected chi connectivity index (χ1v) is 10.0. The third-order valence-electron chi connectivity index (χ3n) is 3.79. The van der Waals surface area contributed by atoms with Gasteiger partial charge in [-0.2, -0.15) is 31.4 Å². The second-order valence-corrected chi connectivity index (χ2v) is 8.22. The van der Waals surface area contributed by atoms with Crippen LogP contribution in [0.1, 0.15) is 5.56 Å². The van der Waals surface area contributed by atoms with Crippen LogP contribution in [0.3, 0.4) is 0 Å². The summed E-state index contributed by atoms with van der Waals surface area (Å²) in [6.45, 7) is -0.253. The highest BCUT2D eigenvalue weighted by Gasteiger charge is 2.46. The van der Waals surface area contributed by atoms with Gasteiger partial charge in [0.05, 0.1) is 22.3 Å². The number of rotatable bonds is 5. The van der Waals surface area contributed by atoms with Crippen LogP contribution in [-0.2, 0) is 16.6 Å². The van der Waals surface area contributed by atoms with Gasteiger partial charge in [-0.05, 0) is 23.8 Å². The number of para-hydroxylation sites is 2. The van der Waals surface area contributed by atoms with Crippen molar-refractivity contribution in [1.29, 1.82) is 0 Å². The largest absolute Gasteiger partial charge is 0.516 e. The Morgan fingerprint density at radius 1 is 1.03 bits per heavy atom. The molecular formula is C16H11Cl2F3N4O3S. The van der Waals surface area contributed by atoms with Crippen molar-refractivity contribution in [2.24, 2.45) is 0 Å². The van der Waals surface area contributed by atoms with Crippen molar-refractivity contribution in [3.8, 4) is 5.69 Å². The number of benzene rings is 2. The zero-order chi connectivity index (χ0) is 21.4. The van der Waals surface area contributed by atoms with E-state index in [4.69, 9.17) is 23.2 Å². The molecule has 0 fully saturated rings. The molecule has 0 unspecified atom stereocenters. The van der Waals surface area contributed by atoms with Gasteiger partial charge >= 0.3 is 21.2 Å². The predicted molar refractivity (Wildman–Crippen MR) is 102 cm³/mol. The minimum absolute atomic E-state index is 0.118. The molecular weight excluding hydrogens is 456 g/mol. The lowest BCUT2D eigenvalue weighted by atomic mass is 10.2. The van der Waals surface area contributed by atoms with Gasteiger partial charge < -0.3 is 0 Å². The maximum atomic E-state index is 12.7. The Morgan fingerprint density at radius 3 is 2.28 bits per heavy atom. The number of anilines is 1. The lowest BCUT2D eigenvalue weighted by Crippen LogP contribution is -2.30. The first-order chi connectivity index (χ1) is 13.5. The Kier molecular flexibility index (Phi) is 5.65. The van der Waals surface area contributed by atoms with E-state index >= 15 is 0 Å². The highest BCUT2D eigenvalue weighted by Crippen LogP contribution is 2.28. The number of alkyl halides is 3. The first-order valence-electron chi connectivity index (χ1n) is 7.77. The van der Waals surface area contributed by atoms with Gasteiger partial charge in [0.25, 0.3) is 0 Å². The van der Waals surface area contributed by atoms with Crippen molar-refractivity contribution in [3.05, 3.63) is 74.9 Å². The van der Waals surface area contributed by atoms with Crippen molar-refractivity contribution < 1.29 is 21.6 Å². The predicted octanol–water partition coefficient (Wildman–Crippen LogP) is 3.65. The lowest BCUT2D eigenvalue weighted by molar-refractivity contribution is -0.0429. The molecule has 0 saturated carbocycles. The summed E-state index contributed by atoms with van der Waals surface area (Å²) in [5, 5.41) is 4.27. The van der Waals surface area contributed by atoms with Crippen molar-refractivity contribution in [2.45, 2.75) is 12.1 Å². The van der Waals surface area contributed by atoms with Crippen LogP contribution < -0.4 is 10.4 Å². The molecule has 29 heavy (non-hydrogen) atoms. The first kappa shape index (κ1) is 21.2. The number of hydrogen-bond acceptors (Lipinski definition) is 4. The van der Waals surface area contributed by atoms with Gasteiger partial charge in [-0.25, -0.2) is 4.79 Å². The Hall–Kier alpha value is -2.50. The summed E-state index contributed by atoms with van der Waals surface area (Å²) in [6.07, 6.45) is 1.14. The molecule has 3 rings (SSSR count). The maximum Gasteiger partial charge on any atom is 0.516 e. The number of nitrogens with one attached hydrogen (secondary N) is 1. The summed E-state index contributed by atoms with van der Waals surface area (Å²) in [4.78, 5) is 12.7. The van der Waals surface area contributed by atoms with Crippen LogP contribution in [-0.4, -0.2) is 28.3 Å². The molecule has 0 atom stereocenters. The maximum absolute atomic E-state index is 12.7. The molecule has 1 heterocycles.